The minimum absolute atomic E-state index is 0.00743. The first-order chi connectivity index (χ1) is 12.7. The number of nitrogens with one attached hydrogen (secondary N) is 1. The van der Waals surface area contributed by atoms with Gasteiger partial charge in [-0.25, -0.2) is 9.78 Å². The quantitative estimate of drug-likeness (QED) is 0.766. The van der Waals surface area contributed by atoms with Crippen LogP contribution in [0, 0.1) is 0 Å². The van der Waals surface area contributed by atoms with Gasteiger partial charge in [0.2, 0.25) is 0 Å². The highest BCUT2D eigenvalue weighted by Crippen LogP contribution is 2.32. The van der Waals surface area contributed by atoms with Crippen molar-refractivity contribution in [2.45, 2.75) is 38.8 Å². The Hall–Kier alpha value is -2.48. The number of aromatic nitrogens is 4. The van der Waals surface area contributed by atoms with Crippen LogP contribution in [0.5, 0.6) is 0 Å². The summed E-state index contributed by atoms with van der Waals surface area (Å²) in [6, 6.07) is 8.02. The Morgan fingerprint density at radius 1 is 1.31 bits per heavy atom. The van der Waals surface area contributed by atoms with Crippen molar-refractivity contribution in [3.05, 3.63) is 40.1 Å². The van der Waals surface area contributed by atoms with Gasteiger partial charge in [-0.2, -0.15) is 0 Å². The van der Waals surface area contributed by atoms with Crippen LogP contribution in [-0.2, 0) is 20.0 Å². The Balaban J connectivity index is 1.50. The van der Waals surface area contributed by atoms with Crippen molar-refractivity contribution in [1.82, 2.24) is 30.0 Å². The molecule has 8 heteroatoms. The minimum Gasteiger partial charge on any atom is -0.331 e. The number of aryl methyl sites for hydroxylation is 2. The predicted molar refractivity (Wildman–Crippen MR) is 101 cm³/mol. The number of para-hydroxylation sites is 2. The Morgan fingerprint density at radius 2 is 2.12 bits per heavy atom. The van der Waals surface area contributed by atoms with Crippen molar-refractivity contribution in [2.75, 3.05) is 6.54 Å². The second-order valence-corrected chi connectivity index (χ2v) is 7.62. The molecule has 0 radical (unpaired) electrons. The number of urea groups is 1. The lowest BCUT2D eigenvalue weighted by Crippen LogP contribution is -2.39. The molecule has 1 fully saturated rings. The smallest absolute Gasteiger partial charge is 0.318 e. The fourth-order valence-electron chi connectivity index (χ4n) is 3.50. The summed E-state index contributed by atoms with van der Waals surface area (Å²) >= 11 is 1.55. The first-order valence-electron chi connectivity index (χ1n) is 8.94. The molecule has 3 heterocycles. The molecule has 1 saturated heterocycles. The Labute approximate surface area is 156 Å². The van der Waals surface area contributed by atoms with Gasteiger partial charge < -0.3 is 14.8 Å². The third-order valence-corrected chi connectivity index (χ3v) is 5.90. The van der Waals surface area contributed by atoms with Crippen LogP contribution in [0.15, 0.2) is 24.3 Å². The lowest BCUT2D eigenvalue weighted by Gasteiger charge is -2.24. The van der Waals surface area contributed by atoms with Gasteiger partial charge in [0.1, 0.15) is 15.8 Å². The fourth-order valence-corrected chi connectivity index (χ4v) is 4.22. The summed E-state index contributed by atoms with van der Waals surface area (Å²) in [5.74, 6) is 0.947. The number of rotatable bonds is 4. The highest BCUT2D eigenvalue weighted by Gasteiger charge is 2.33. The molecular formula is C18H22N6OS. The van der Waals surface area contributed by atoms with Crippen LogP contribution in [-0.4, -0.2) is 37.2 Å². The molecule has 2 aromatic heterocycles. The average molecular weight is 370 g/mol. The molecule has 136 valence electrons. The highest BCUT2D eigenvalue weighted by molar-refractivity contribution is 7.11. The van der Waals surface area contributed by atoms with Gasteiger partial charge in [-0.15, -0.1) is 10.2 Å². The molecule has 1 aromatic carbocycles. The predicted octanol–water partition coefficient (Wildman–Crippen LogP) is 3.03. The molecule has 0 spiro atoms. The normalized spacial score (nSPS) is 17.2. The van der Waals surface area contributed by atoms with E-state index < -0.39 is 0 Å². The summed E-state index contributed by atoms with van der Waals surface area (Å²) in [7, 11) is 2.02. The molecule has 1 aliphatic rings. The van der Waals surface area contributed by atoms with Crippen molar-refractivity contribution in [1.29, 1.82) is 0 Å². The van der Waals surface area contributed by atoms with E-state index in [4.69, 9.17) is 4.98 Å². The van der Waals surface area contributed by atoms with Crippen molar-refractivity contribution in [2.24, 2.45) is 7.05 Å². The van der Waals surface area contributed by atoms with E-state index in [0.29, 0.717) is 6.54 Å². The topological polar surface area (TPSA) is 75.9 Å². The number of hydrogen-bond donors (Lipinski definition) is 1. The number of carbonyl (C=O) groups is 1. The number of fused-ring (bicyclic) bond motifs is 1. The fraction of sp³-hybridized carbons (Fsp3) is 0.444. The lowest BCUT2D eigenvalue weighted by molar-refractivity contribution is 0.190. The zero-order chi connectivity index (χ0) is 18.1. The second-order valence-electron chi connectivity index (χ2n) is 6.47. The Bertz CT molecular complexity index is 933. The molecule has 1 N–H and O–H groups in total. The van der Waals surface area contributed by atoms with Crippen LogP contribution in [0.4, 0.5) is 4.79 Å². The lowest BCUT2D eigenvalue weighted by atomic mass is 10.2. The molecule has 4 rings (SSSR count). The van der Waals surface area contributed by atoms with E-state index in [1.807, 2.05) is 30.1 Å². The Morgan fingerprint density at radius 3 is 2.88 bits per heavy atom. The molecule has 26 heavy (non-hydrogen) atoms. The van der Waals surface area contributed by atoms with E-state index in [-0.39, 0.29) is 12.1 Å². The third kappa shape index (κ3) is 3.05. The van der Waals surface area contributed by atoms with Crippen molar-refractivity contribution in [3.8, 4) is 0 Å². The number of benzene rings is 1. The van der Waals surface area contributed by atoms with E-state index in [9.17, 15) is 4.79 Å². The Kier molecular flexibility index (Phi) is 4.58. The number of amides is 2. The summed E-state index contributed by atoms with van der Waals surface area (Å²) in [5.41, 5.74) is 2.06. The van der Waals surface area contributed by atoms with E-state index in [0.717, 1.165) is 52.7 Å². The summed E-state index contributed by atoms with van der Waals surface area (Å²) in [6.45, 7) is 3.22. The average Bonchev–Trinajstić information content (AvgIpc) is 3.38. The molecule has 0 aliphatic carbocycles. The molecule has 1 aliphatic heterocycles. The maximum atomic E-state index is 12.7. The van der Waals surface area contributed by atoms with Gasteiger partial charge in [0.25, 0.3) is 0 Å². The standard InChI is InChI=1S/C18H22N6OS/c1-3-15-21-22-16(26-15)11-19-18(25)24-10-6-9-14(24)17-20-12-7-4-5-8-13(12)23(17)2/h4-5,7-8,14H,3,6,9-11H2,1-2H3,(H,19,25)/t14-/m1/s1. The summed E-state index contributed by atoms with van der Waals surface area (Å²) in [4.78, 5) is 19.4. The maximum absolute atomic E-state index is 12.7. The van der Waals surface area contributed by atoms with E-state index in [1.165, 1.54) is 0 Å². The number of hydrogen-bond acceptors (Lipinski definition) is 5. The van der Waals surface area contributed by atoms with Crippen LogP contribution < -0.4 is 5.32 Å². The SMILES string of the molecule is CCc1nnc(CNC(=O)N2CCC[C@@H]2c2nc3ccccc3n2C)s1. The minimum atomic E-state index is -0.0622. The van der Waals surface area contributed by atoms with Crippen LogP contribution in [0.1, 0.15) is 41.6 Å². The molecule has 1 atom stereocenters. The molecule has 7 nitrogen and oxygen atoms in total. The molecular weight excluding hydrogens is 348 g/mol. The molecule has 0 saturated carbocycles. The van der Waals surface area contributed by atoms with Crippen molar-refractivity contribution >= 4 is 28.4 Å². The first kappa shape index (κ1) is 17.0. The zero-order valence-corrected chi connectivity index (χ0v) is 15.8. The second kappa shape index (κ2) is 7.03. The van der Waals surface area contributed by atoms with Gasteiger partial charge in [-0.3, -0.25) is 0 Å². The monoisotopic (exact) mass is 370 g/mol. The number of carbonyl (C=O) groups excluding carboxylic acids is 1. The van der Waals surface area contributed by atoms with Crippen molar-refractivity contribution < 1.29 is 4.79 Å². The van der Waals surface area contributed by atoms with E-state index >= 15 is 0 Å². The van der Waals surface area contributed by atoms with Crippen LogP contribution in [0.25, 0.3) is 11.0 Å². The molecule has 2 amide bonds. The van der Waals surface area contributed by atoms with Gasteiger partial charge in [0.15, 0.2) is 0 Å². The third-order valence-electron chi connectivity index (χ3n) is 4.84. The number of imidazole rings is 1. The largest absolute Gasteiger partial charge is 0.331 e. The van der Waals surface area contributed by atoms with Gasteiger partial charge in [-0.1, -0.05) is 30.4 Å². The summed E-state index contributed by atoms with van der Waals surface area (Å²) in [5, 5.41) is 13.0. The molecule has 3 aromatic rings. The van der Waals surface area contributed by atoms with Crippen molar-refractivity contribution in [3.63, 3.8) is 0 Å². The van der Waals surface area contributed by atoms with Gasteiger partial charge in [0, 0.05) is 13.6 Å². The van der Waals surface area contributed by atoms with Crippen LogP contribution in [0.3, 0.4) is 0 Å². The summed E-state index contributed by atoms with van der Waals surface area (Å²) < 4.78 is 2.10. The van der Waals surface area contributed by atoms with E-state index in [1.54, 1.807) is 11.3 Å². The molecule has 0 unspecified atom stereocenters. The zero-order valence-electron chi connectivity index (χ0n) is 15.0. The van der Waals surface area contributed by atoms with Gasteiger partial charge in [0.05, 0.1) is 23.6 Å². The van der Waals surface area contributed by atoms with Gasteiger partial charge >= 0.3 is 6.03 Å². The van der Waals surface area contributed by atoms with E-state index in [2.05, 4.69) is 33.1 Å². The summed E-state index contributed by atoms with van der Waals surface area (Å²) in [6.07, 6.45) is 2.79. The highest BCUT2D eigenvalue weighted by atomic mass is 32.1. The van der Waals surface area contributed by atoms with Crippen LogP contribution in [0.2, 0.25) is 0 Å². The van der Waals surface area contributed by atoms with Gasteiger partial charge in [-0.05, 0) is 31.4 Å². The maximum Gasteiger partial charge on any atom is 0.318 e. The number of nitrogens with zero attached hydrogens (tertiary/aromatic N) is 5. The van der Waals surface area contributed by atoms with Crippen LogP contribution >= 0.6 is 11.3 Å². The number of likely N-dealkylation sites (tertiary alicyclic amines) is 1. The molecule has 0 bridgehead atoms. The first-order valence-corrected chi connectivity index (χ1v) is 9.76.